The van der Waals surface area contributed by atoms with E-state index in [9.17, 15) is 9.90 Å². The van der Waals surface area contributed by atoms with E-state index in [2.05, 4.69) is 58.9 Å². The van der Waals surface area contributed by atoms with E-state index in [1.54, 1.807) is 0 Å². The fourth-order valence-electron chi connectivity index (χ4n) is 5.73. The molecule has 0 fully saturated rings. The summed E-state index contributed by atoms with van der Waals surface area (Å²) in [5.74, 6) is 0.151. The first-order valence-corrected chi connectivity index (χ1v) is 12.4. The first-order valence-electron chi connectivity index (χ1n) is 11.6. The molecule has 0 radical (unpaired) electrons. The standard InChI is InChI=1S/C27H33NO2S/c1-16-14-20-21(27(4,5)13-12-26(20,2)3)15-19(16)18-9-7-6-8-17(18)10-11-22-23-24(29)28(22)25(30)31-23/h10-11,14-15,22,29H,6-9,12-13H2,1-5H3. The predicted molar refractivity (Wildman–Crippen MR) is 129 cm³/mol. The monoisotopic (exact) mass is 435 g/mol. The number of fused-ring (bicyclic) bond motifs is 2. The smallest absolute Gasteiger partial charge is 0.311 e. The van der Waals surface area contributed by atoms with Gasteiger partial charge >= 0.3 is 4.87 Å². The highest BCUT2D eigenvalue weighted by Crippen LogP contribution is 2.48. The van der Waals surface area contributed by atoms with Crippen molar-refractivity contribution in [1.82, 2.24) is 4.57 Å². The molecular formula is C27H33NO2S. The zero-order valence-corrected chi connectivity index (χ0v) is 20.2. The molecule has 1 aromatic carbocycles. The minimum absolute atomic E-state index is 0.0598. The molecule has 0 spiro atoms. The Balaban J connectivity index is 1.57. The van der Waals surface area contributed by atoms with Gasteiger partial charge in [0.25, 0.3) is 0 Å². The van der Waals surface area contributed by atoms with Gasteiger partial charge in [0.15, 0.2) is 0 Å². The molecule has 4 aliphatic rings. The zero-order valence-electron chi connectivity index (χ0n) is 19.3. The Kier molecular flexibility index (Phi) is 4.68. The first-order chi connectivity index (χ1) is 14.6. The number of hydrogen-bond donors (Lipinski definition) is 1. The lowest BCUT2D eigenvalue weighted by molar-refractivity contribution is 0.331. The van der Waals surface area contributed by atoms with Crippen LogP contribution in [0.5, 0.6) is 5.88 Å². The number of thiazole rings is 1. The average molecular weight is 436 g/mol. The van der Waals surface area contributed by atoms with Crippen LogP contribution in [0.25, 0.3) is 5.57 Å². The number of nitrogens with zero attached hydrogens (tertiary/aromatic N) is 1. The highest BCUT2D eigenvalue weighted by Gasteiger charge is 2.38. The molecule has 31 heavy (non-hydrogen) atoms. The molecule has 0 saturated heterocycles. The van der Waals surface area contributed by atoms with Crippen molar-refractivity contribution in [2.75, 3.05) is 0 Å². The summed E-state index contributed by atoms with van der Waals surface area (Å²) in [6.07, 6.45) is 11.4. The van der Waals surface area contributed by atoms with Gasteiger partial charge in [0, 0.05) is 0 Å². The van der Waals surface area contributed by atoms with Crippen LogP contribution >= 0.6 is 11.3 Å². The van der Waals surface area contributed by atoms with Gasteiger partial charge in [-0.2, -0.15) is 0 Å². The summed E-state index contributed by atoms with van der Waals surface area (Å²) in [5, 5.41) is 9.91. The second kappa shape index (κ2) is 6.96. The van der Waals surface area contributed by atoms with Crippen LogP contribution in [0.2, 0.25) is 0 Å². The number of hydrogen-bond acceptors (Lipinski definition) is 3. The summed E-state index contributed by atoms with van der Waals surface area (Å²) in [4.78, 5) is 12.6. The number of aromatic nitrogens is 1. The molecule has 2 aromatic rings. The van der Waals surface area contributed by atoms with Gasteiger partial charge in [0.1, 0.15) is 0 Å². The molecule has 1 unspecified atom stereocenters. The Morgan fingerprint density at radius 3 is 2.32 bits per heavy atom. The van der Waals surface area contributed by atoms with E-state index in [1.165, 1.54) is 63.7 Å². The summed E-state index contributed by atoms with van der Waals surface area (Å²) < 4.78 is 1.49. The van der Waals surface area contributed by atoms with Crippen LogP contribution in [0.4, 0.5) is 0 Å². The van der Waals surface area contributed by atoms with Crippen molar-refractivity contribution in [1.29, 1.82) is 0 Å². The van der Waals surface area contributed by atoms with Crippen molar-refractivity contribution in [2.45, 2.75) is 90.0 Å². The minimum atomic E-state index is -0.0717. The van der Waals surface area contributed by atoms with Crippen LogP contribution in [0.15, 0.2) is 34.7 Å². The maximum Gasteiger partial charge on any atom is 0.311 e. The second-order valence-electron chi connectivity index (χ2n) is 10.9. The fraction of sp³-hybridized carbons (Fsp3) is 0.519. The van der Waals surface area contributed by atoms with Gasteiger partial charge in [-0.15, -0.1) is 0 Å². The van der Waals surface area contributed by atoms with E-state index in [-0.39, 0.29) is 27.6 Å². The quantitative estimate of drug-likeness (QED) is 0.579. The third-order valence-corrected chi connectivity index (χ3v) is 8.92. The van der Waals surface area contributed by atoms with E-state index in [4.69, 9.17) is 0 Å². The number of aryl methyl sites for hydroxylation is 1. The predicted octanol–water partition coefficient (Wildman–Crippen LogP) is 6.76. The van der Waals surface area contributed by atoms with Gasteiger partial charge in [0.05, 0.1) is 10.9 Å². The van der Waals surface area contributed by atoms with Gasteiger partial charge in [-0.3, -0.25) is 9.36 Å². The van der Waals surface area contributed by atoms with E-state index >= 15 is 0 Å². The summed E-state index contributed by atoms with van der Waals surface area (Å²) in [6.45, 7) is 11.8. The third kappa shape index (κ3) is 3.17. The Labute approximate surface area is 189 Å². The lowest BCUT2D eigenvalue weighted by atomic mass is 9.62. The van der Waals surface area contributed by atoms with Crippen LogP contribution < -0.4 is 4.87 Å². The van der Waals surface area contributed by atoms with Crippen molar-refractivity contribution in [2.24, 2.45) is 0 Å². The molecule has 0 saturated carbocycles. The fourth-order valence-corrected chi connectivity index (χ4v) is 6.71. The van der Waals surface area contributed by atoms with Crippen molar-refractivity contribution in [3.63, 3.8) is 0 Å². The molecule has 4 heteroatoms. The molecule has 1 aromatic heterocycles. The zero-order chi connectivity index (χ0) is 22.1. The van der Waals surface area contributed by atoms with Crippen LogP contribution in [-0.4, -0.2) is 9.67 Å². The normalized spacial score (nSPS) is 23.7. The number of benzene rings is 1. The molecule has 6 rings (SSSR count). The van der Waals surface area contributed by atoms with Crippen LogP contribution in [0, 0.1) is 6.92 Å². The summed E-state index contributed by atoms with van der Waals surface area (Å²) in [6, 6.07) is 4.90. The van der Waals surface area contributed by atoms with Crippen LogP contribution in [0.3, 0.4) is 0 Å². The number of allylic oxidation sites excluding steroid dienone is 4. The Morgan fingerprint density at radius 1 is 1.06 bits per heavy atom. The van der Waals surface area contributed by atoms with Crippen molar-refractivity contribution in [3.8, 4) is 5.88 Å². The number of aromatic hydroxyl groups is 1. The maximum absolute atomic E-state index is 11.9. The largest absolute Gasteiger partial charge is 0.493 e. The molecule has 2 aliphatic carbocycles. The van der Waals surface area contributed by atoms with Crippen molar-refractivity contribution >= 4 is 16.9 Å². The highest BCUT2D eigenvalue weighted by atomic mass is 32.1. The summed E-state index contributed by atoms with van der Waals surface area (Å²) >= 11 is 1.16. The Morgan fingerprint density at radius 2 is 1.71 bits per heavy atom. The molecular weight excluding hydrogens is 402 g/mol. The summed E-state index contributed by atoms with van der Waals surface area (Å²) in [7, 11) is 0. The van der Waals surface area contributed by atoms with Gasteiger partial charge in [-0.25, -0.2) is 0 Å². The molecule has 3 nitrogen and oxygen atoms in total. The summed E-state index contributed by atoms with van der Waals surface area (Å²) in [5.41, 5.74) is 9.14. The average Bonchev–Trinajstić information content (AvgIpc) is 3.22. The van der Waals surface area contributed by atoms with Gasteiger partial charge in [-0.1, -0.05) is 63.3 Å². The minimum Gasteiger partial charge on any atom is -0.493 e. The molecule has 3 heterocycles. The molecule has 1 atom stereocenters. The lowest BCUT2D eigenvalue weighted by Gasteiger charge is -2.42. The number of rotatable bonds is 3. The van der Waals surface area contributed by atoms with Gasteiger partial charge < -0.3 is 5.11 Å². The Hall–Kier alpha value is -2.07. The second-order valence-corrected chi connectivity index (χ2v) is 11.9. The van der Waals surface area contributed by atoms with Crippen LogP contribution in [0.1, 0.15) is 99.4 Å². The molecule has 164 valence electrons. The topological polar surface area (TPSA) is 42.2 Å². The van der Waals surface area contributed by atoms with E-state index in [0.29, 0.717) is 0 Å². The van der Waals surface area contributed by atoms with E-state index in [0.717, 1.165) is 29.1 Å². The Bertz CT molecular complexity index is 1190. The molecule has 2 bridgehead atoms. The maximum atomic E-state index is 11.9. The third-order valence-electron chi connectivity index (χ3n) is 7.90. The first kappa shape index (κ1) is 20.8. The molecule has 0 amide bonds. The van der Waals surface area contributed by atoms with E-state index in [1.807, 2.05) is 0 Å². The van der Waals surface area contributed by atoms with Crippen molar-refractivity contribution < 1.29 is 5.11 Å². The van der Waals surface area contributed by atoms with Crippen LogP contribution in [-0.2, 0) is 10.8 Å². The van der Waals surface area contributed by atoms with Gasteiger partial charge in [-0.05, 0) is 89.7 Å². The van der Waals surface area contributed by atoms with Gasteiger partial charge in [0.2, 0.25) is 5.88 Å². The van der Waals surface area contributed by atoms with Crippen molar-refractivity contribution in [3.05, 3.63) is 66.7 Å². The highest BCUT2D eigenvalue weighted by molar-refractivity contribution is 7.10. The molecule has 2 aliphatic heterocycles. The lowest BCUT2D eigenvalue weighted by Crippen LogP contribution is -2.34. The van der Waals surface area contributed by atoms with E-state index < -0.39 is 0 Å². The SMILES string of the molecule is Cc1cc2c(cc1C1=C(C=CC3c4sc(=O)n3c4O)CCCC1)C(C)(C)CCC2(C)C. The molecule has 1 N–H and O–H groups in total.